The van der Waals surface area contributed by atoms with Crippen LogP contribution in [0, 0.1) is 11.3 Å². The monoisotopic (exact) mass is 342 g/mol. The average molecular weight is 342 g/mol. The van der Waals surface area contributed by atoms with Gasteiger partial charge in [-0.3, -0.25) is 0 Å². The maximum absolute atomic E-state index is 8.98. The van der Waals surface area contributed by atoms with E-state index in [1.54, 1.807) is 0 Å². The first-order valence-corrected chi connectivity index (χ1v) is 8.01. The number of nitrogens with zero attached hydrogens (tertiary/aromatic N) is 1. The summed E-state index contributed by atoms with van der Waals surface area (Å²) in [6.45, 7) is 0. The normalized spacial score (nSPS) is 11.2. The van der Waals surface area contributed by atoms with Gasteiger partial charge in [0.05, 0.1) is 5.70 Å². The molecule has 0 aliphatic rings. The summed E-state index contributed by atoms with van der Waals surface area (Å²) in [5.74, 6) is 6.86. The molecule has 5 N–H and O–H groups in total. The van der Waals surface area contributed by atoms with Crippen LogP contribution in [0.5, 0.6) is 11.5 Å². The van der Waals surface area contributed by atoms with Gasteiger partial charge in [-0.2, -0.15) is 5.26 Å². The minimum absolute atomic E-state index is 0.139. The van der Waals surface area contributed by atoms with Gasteiger partial charge < -0.3 is 15.9 Å². The smallest absolute Gasteiger partial charge is 0.151 e. The third kappa shape index (κ3) is 3.83. The molecule has 0 fully saturated rings. The molecule has 0 aliphatic heterocycles. The van der Waals surface area contributed by atoms with Crippen molar-refractivity contribution in [2.45, 2.75) is 0 Å². The van der Waals surface area contributed by atoms with E-state index in [9.17, 15) is 0 Å². The van der Waals surface area contributed by atoms with E-state index < -0.39 is 0 Å². The lowest BCUT2D eigenvalue weighted by molar-refractivity contribution is 0.483. The van der Waals surface area contributed by atoms with Crippen LogP contribution in [-0.2, 0) is 0 Å². The van der Waals surface area contributed by atoms with E-state index in [1.165, 1.54) is 0 Å². The van der Waals surface area contributed by atoms with Crippen molar-refractivity contribution >= 4 is 5.70 Å². The molecule has 26 heavy (non-hydrogen) atoms. The summed E-state index contributed by atoms with van der Waals surface area (Å²) in [5, 5.41) is 8.98. The summed E-state index contributed by atoms with van der Waals surface area (Å²) in [6.07, 6.45) is 0. The van der Waals surface area contributed by atoms with Crippen LogP contribution in [0.15, 0.2) is 84.6 Å². The van der Waals surface area contributed by atoms with Gasteiger partial charge in [0.15, 0.2) is 5.70 Å². The highest BCUT2D eigenvalue weighted by atomic mass is 16.5. The Kier molecular flexibility index (Phi) is 5.18. The van der Waals surface area contributed by atoms with Crippen LogP contribution in [0.1, 0.15) is 5.56 Å². The molecule has 3 aromatic carbocycles. The van der Waals surface area contributed by atoms with Gasteiger partial charge in [-0.05, 0) is 35.4 Å². The fraction of sp³-hybridized carbons (Fsp3) is 0. The SMILES string of the molecule is N#C/C(NN)=C(/N)c1ccc(-c2ccc(Oc3ccccc3)cc2)cc1. The molecule has 0 heterocycles. The van der Waals surface area contributed by atoms with Gasteiger partial charge >= 0.3 is 0 Å². The predicted molar refractivity (Wildman–Crippen MR) is 102 cm³/mol. The number of nitriles is 1. The number of benzene rings is 3. The van der Waals surface area contributed by atoms with Crippen LogP contribution in [0.2, 0.25) is 0 Å². The fourth-order valence-corrected chi connectivity index (χ4v) is 2.50. The summed E-state index contributed by atoms with van der Waals surface area (Å²) in [7, 11) is 0. The first kappa shape index (κ1) is 17.1. The van der Waals surface area contributed by atoms with Crippen LogP contribution >= 0.6 is 0 Å². The molecule has 5 heteroatoms. The fourth-order valence-electron chi connectivity index (χ4n) is 2.50. The standard InChI is InChI=1S/C21H18N4O/c22-14-20(25-24)21(23)17-8-6-15(7-9-17)16-10-12-19(13-11-16)26-18-4-2-1-3-5-18/h1-13,25H,23-24H2/b21-20-. The highest BCUT2D eigenvalue weighted by Gasteiger charge is 2.05. The largest absolute Gasteiger partial charge is 0.457 e. The molecular formula is C21H18N4O. The zero-order valence-corrected chi connectivity index (χ0v) is 14.0. The van der Waals surface area contributed by atoms with E-state index in [-0.39, 0.29) is 5.70 Å². The summed E-state index contributed by atoms with van der Waals surface area (Å²) in [5.41, 5.74) is 11.5. The quantitative estimate of drug-likeness (QED) is 0.373. The van der Waals surface area contributed by atoms with E-state index in [4.69, 9.17) is 21.6 Å². The van der Waals surface area contributed by atoms with Gasteiger partial charge in [-0.15, -0.1) is 0 Å². The molecule has 3 rings (SSSR count). The van der Waals surface area contributed by atoms with Crippen molar-refractivity contribution in [2.24, 2.45) is 11.6 Å². The predicted octanol–water partition coefficient (Wildman–Crippen LogP) is 3.76. The molecule has 0 spiro atoms. The number of hydrazine groups is 1. The van der Waals surface area contributed by atoms with Crippen molar-refractivity contribution < 1.29 is 4.74 Å². The number of rotatable bonds is 5. The van der Waals surface area contributed by atoms with Crippen molar-refractivity contribution in [1.29, 1.82) is 5.26 Å². The van der Waals surface area contributed by atoms with E-state index in [0.29, 0.717) is 5.70 Å². The van der Waals surface area contributed by atoms with Gasteiger partial charge in [-0.25, -0.2) is 5.84 Å². The van der Waals surface area contributed by atoms with Crippen LogP contribution in [0.4, 0.5) is 0 Å². The van der Waals surface area contributed by atoms with Crippen LogP contribution < -0.4 is 21.7 Å². The van der Waals surface area contributed by atoms with E-state index in [1.807, 2.05) is 84.9 Å². The number of para-hydroxylation sites is 1. The van der Waals surface area contributed by atoms with E-state index in [2.05, 4.69) is 5.43 Å². The Hall–Kier alpha value is -3.75. The third-order valence-corrected chi connectivity index (χ3v) is 3.89. The zero-order chi connectivity index (χ0) is 18.4. The maximum Gasteiger partial charge on any atom is 0.151 e. The van der Waals surface area contributed by atoms with E-state index in [0.717, 1.165) is 28.2 Å². The number of nitrogens with one attached hydrogen (secondary N) is 1. The molecule has 0 amide bonds. The second kappa shape index (κ2) is 7.88. The van der Waals surface area contributed by atoms with Gasteiger partial charge in [-0.1, -0.05) is 54.6 Å². The summed E-state index contributed by atoms with van der Waals surface area (Å²) in [4.78, 5) is 0. The molecule has 0 aliphatic carbocycles. The first-order chi connectivity index (χ1) is 12.7. The highest BCUT2D eigenvalue weighted by molar-refractivity contribution is 5.72. The highest BCUT2D eigenvalue weighted by Crippen LogP contribution is 2.26. The third-order valence-electron chi connectivity index (χ3n) is 3.89. The minimum Gasteiger partial charge on any atom is -0.457 e. The summed E-state index contributed by atoms with van der Waals surface area (Å²) < 4.78 is 5.80. The van der Waals surface area contributed by atoms with Crippen molar-refractivity contribution in [3.63, 3.8) is 0 Å². The molecule has 0 aromatic heterocycles. The molecule has 0 saturated carbocycles. The molecule has 0 bridgehead atoms. The minimum atomic E-state index is 0.139. The van der Waals surface area contributed by atoms with Gasteiger partial charge in [0.1, 0.15) is 17.6 Å². The molecule has 0 radical (unpaired) electrons. The number of hydrogen-bond donors (Lipinski definition) is 3. The van der Waals surface area contributed by atoms with Gasteiger partial charge in [0, 0.05) is 5.56 Å². The van der Waals surface area contributed by atoms with Gasteiger partial charge in [0.2, 0.25) is 0 Å². The lowest BCUT2D eigenvalue weighted by Crippen LogP contribution is -2.23. The summed E-state index contributed by atoms with van der Waals surface area (Å²) >= 11 is 0. The summed E-state index contributed by atoms with van der Waals surface area (Å²) in [6, 6.07) is 27.0. The van der Waals surface area contributed by atoms with Crippen molar-refractivity contribution in [2.75, 3.05) is 0 Å². The molecule has 5 nitrogen and oxygen atoms in total. The van der Waals surface area contributed by atoms with Crippen LogP contribution in [0.3, 0.4) is 0 Å². The Morgan fingerprint density at radius 3 is 1.88 bits per heavy atom. The number of allylic oxidation sites excluding steroid dienone is 1. The Morgan fingerprint density at radius 1 is 0.808 bits per heavy atom. The molecular weight excluding hydrogens is 324 g/mol. The van der Waals surface area contributed by atoms with Crippen LogP contribution in [0.25, 0.3) is 16.8 Å². The Labute approximate surface area is 152 Å². The molecule has 0 saturated heterocycles. The van der Waals surface area contributed by atoms with Gasteiger partial charge in [0.25, 0.3) is 0 Å². The Morgan fingerprint density at radius 2 is 1.35 bits per heavy atom. The maximum atomic E-state index is 8.98. The number of nitrogens with two attached hydrogens (primary N) is 2. The zero-order valence-electron chi connectivity index (χ0n) is 14.0. The molecule has 0 atom stereocenters. The van der Waals surface area contributed by atoms with Crippen molar-refractivity contribution in [1.82, 2.24) is 5.43 Å². The van der Waals surface area contributed by atoms with E-state index >= 15 is 0 Å². The van der Waals surface area contributed by atoms with Crippen molar-refractivity contribution in [3.8, 4) is 28.7 Å². The topological polar surface area (TPSA) is 97.1 Å². The first-order valence-electron chi connectivity index (χ1n) is 8.01. The Bertz CT molecular complexity index is 940. The number of hydrogen-bond acceptors (Lipinski definition) is 5. The second-order valence-corrected chi connectivity index (χ2v) is 5.56. The molecule has 3 aromatic rings. The lowest BCUT2D eigenvalue weighted by Gasteiger charge is -2.08. The Balaban J connectivity index is 1.78. The molecule has 128 valence electrons. The second-order valence-electron chi connectivity index (χ2n) is 5.56. The average Bonchev–Trinajstić information content (AvgIpc) is 2.70. The van der Waals surface area contributed by atoms with Crippen molar-refractivity contribution in [3.05, 3.63) is 90.1 Å². The van der Waals surface area contributed by atoms with Crippen LogP contribution in [-0.4, -0.2) is 0 Å². The lowest BCUT2D eigenvalue weighted by atomic mass is 10.0. The molecule has 0 unspecified atom stereocenters. The number of ether oxygens (including phenoxy) is 1.